The lowest BCUT2D eigenvalue weighted by Gasteiger charge is -2.24. The molecule has 0 aliphatic carbocycles. The molecular weight excluding hydrogens is 202 g/mol. The third-order valence-corrected chi connectivity index (χ3v) is 2.55. The zero-order valence-electron chi connectivity index (χ0n) is 8.04. The first-order valence-corrected chi connectivity index (χ1v) is 4.76. The van der Waals surface area contributed by atoms with E-state index in [4.69, 9.17) is 11.6 Å². The standard InChI is InChI=1S/C9H10ClN3O/c1-5-7-6(12-9(10)11-5)3-4-13(2)8(7)14/h3-4H2,1-2H3. The van der Waals surface area contributed by atoms with E-state index in [0.717, 1.165) is 12.1 Å². The molecule has 4 nitrogen and oxygen atoms in total. The molecule has 0 saturated heterocycles. The van der Waals surface area contributed by atoms with Crippen molar-refractivity contribution in [2.75, 3.05) is 13.6 Å². The summed E-state index contributed by atoms with van der Waals surface area (Å²) in [6.07, 6.45) is 0.751. The van der Waals surface area contributed by atoms with Crippen LogP contribution in [-0.4, -0.2) is 34.4 Å². The molecule has 14 heavy (non-hydrogen) atoms. The molecule has 74 valence electrons. The van der Waals surface area contributed by atoms with Crippen LogP contribution in [-0.2, 0) is 6.42 Å². The quantitative estimate of drug-likeness (QED) is 0.603. The van der Waals surface area contributed by atoms with Crippen molar-refractivity contribution in [3.05, 3.63) is 22.2 Å². The summed E-state index contributed by atoms with van der Waals surface area (Å²) < 4.78 is 0. The second-order valence-electron chi connectivity index (χ2n) is 3.38. The second-order valence-corrected chi connectivity index (χ2v) is 3.71. The first kappa shape index (κ1) is 9.40. The Balaban J connectivity index is 2.60. The van der Waals surface area contributed by atoms with Gasteiger partial charge in [-0.05, 0) is 18.5 Å². The van der Waals surface area contributed by atoms with Gasteiger partial charge in [-0.15, -0.1) is 0 Å². The third-order valence-electron chi connectivity index (χ3n) is 2.38. The van der Waals surface area contributed by atoms with Crippen LogP contribution in [0.3, 0.4) is 0 Å². The molecule has 0 spiro atoms. The summed E-state index contributed by atoms with van der Waals surface area (Å²) in [5.41, 5.74) is 2.05. The molecule has 0 fully saturated rings. The van der Waals surface area contributed by atoms with E-state index in [1.165, 1.54) is 0 Å². The maximum absolute atomic E-state index is 11.8. The van der Waals surface area contributed by atoms with Crippen LogP contribution in [0.1, 0.15) is 21.7 Å². The van der Waals surface area contributed by atoms with Crippen LogP contribution in [0.4, 0.5) is 0 Å². The molecular formula is C9H10ClN3O. The minimum atomic E-state index is -0.0135. The summed E-state index contributed by atoms with van der Waals surface area (Å²) in [6, 6.07) is 0. The van der Waals surface area contributed by atoms with Crippen molar-refractivity contribution in [3.63, 3.8) is 0 Å². The van der Waals surface area contributed by atoms with Gasteiger partial charge in [-0.1, -0.05) is 0 Å². The second kappa shape index (κ2) is 3.20. The van der Waals surface area contributed by atoms with Gasteiger partial charge in [0.05, 0.1) is 17.0 Å². The van der Waals surface area contributed by atoms with Gasteiger partial charge >= 0.3 is 0 Å². The number of carbonyl (C=O) groups is 1. The number of hydrogen-bond acceptors (Lipinski definition) is 3. The van der Waals surface area contributed by atoms with Crippen LogP contribution in [0.15, 0.2) is 0 Å². The number of rotatable bonds is 0. The van der Waals surface area contributed by atoms with E-state index in [1.807, 2.05) is 0 Å². The summed E-state index contributed by atoms with van der Waals surface area (Å²) in [7, 11) is 1.78. The van der Waals surface area contributed by atoms with Gasteiger partial charge in [-0.2, -0.15) is 0 Å². The minimum absolute atomic E-state index is 0.0135. The SMILES string of the molecule is Cc1nc(Cl)nc2c1C(=O)N(C)CC2. The molecule has 1 aromatic heterocycles. The predicted octanol–water partition coefficient (Wildman–Crippen LogP) is 1.07. The number of hydrogen-bond donors (Lipinski definition) is 0. The lowest BCUT2D eigenvalue weighted by atomic mass is 10.0. The fourth-order valence-electron chi connectivity index (χ4n) is 1.62. The number of aryl methyl sites for hydroxylation is 1. The van der Waals surface area contributed by atoms with Crippen molar-refractivity contribution in [2.24, 2.45) is 0 Å². The summed E-state index contributed by atoms with van der Waals surface area (Å²) in [6.45, 7) is 2.47. The van der Waals surface area contributed by atoms with Gasteiger partial charge in [-0.25, -0.2) is 9.97 Å². The molecule has 1 amide bonds. The van der Waals surface area contributed by atoms with Crippen molar-refractivity contribution in [2.45, 2.75) is 13.3 Å². The molecule has 0 radical (unpaired) electrons. The zero-order valence-corrected chi connectivity index (χ0v) is 8.80. The Hall–Kier alpha value is -1.16. The summed E-state index contributed by atoms with van der Waals surface area (Å²) in [5, 5.41) is 0.221. The van der Waals surface area contributed by atoms with Gasteiger partial charge in [0.15, 0.2) is 0 Å². The highest BCUT2D eigenvalue weighted by molar-refractivity contribution is 6.28. The molecule has 0 N–H and O–H groups in total. The largest absolute Gasteiger partial charge is 0.341 e. The minimum Gasteiger partial charge on any atom is -0.341 e. The fourth-order valence-corrected chi connectivity index (χ4v) is 1.85. The number of amides is 1. The van der Waals surface area contributed by atoms with Crippen LogP contribution >= 0.6 is 11.6 Å². The molecule has 1 aliphatic rings. The van der Waals surface area contributed by atoms with E-state index in [1.54, 1.807) is 18.9 Å². The lowest BCUT2D eigenvalue weighted by molar-refractivity contribution is 0.0777. The summed E-state index contributed by atoms with van der Waals surface area (Å²) >= 11 is 5.72. The smallest absolute Gasteiger partial charge is 0.257 e. The molecule has 0 unspecified atom stereocenters. The molecule has 0 atom stereocenters. The molecule has 2 heterocycles. The molecule has 0 bridgehead atoms. The monoisotopic (exact) mass is 211 g/mol. The number of aromatic nitrogens is 2. The number of nitrogens with zero attached hydrogens (tertiary/aromatic N) is 3. The molecule has 1 aromatic rings. The van der Waals surface area contributed by atoms with E-state index in [9.17, 15) is 4.79 Å². The Kier molecular flexibility index (Phi) is 2.15. The summed E-state index contributed by atoms with van der Waals surface area (Å²) in [4.78, 5) is 21.5. The molecule has 2 rings (SSSR count). The first-order chi connectivity index (χ1) is 6.59. The Labute approximate surface area is 86.9 Å². The average Bonchev–Trinajstić information content (AvgIpc) is 2.10. The average molecular weight is 212 g/mol. The van der Waals surface area contributed by atoms with E-state index in [-0.39, 0.29) is 11.2 Å². The third kappa shape index (κ3) is 1.35. The van der Waals surface area contributed by atoms with Gasteiger partial charge < -0.3 is 4.90 Å². The number of carbonyl (C=O) groups excluding carboxylic acids is 1. The number of fused-ring (bicyclic) bond motifs is 1. The van der Waals surface area contributed by atoms with Crippen LogP contribution in [0.2, 0.25) is 5.28 Å². The Bertz CT molecular complexity index is 405. The normalized spacial score (nSPS) is 15.6. The maximum atomic E-state index is 11.8. The van der Waals surface area contributed by atoms with Crippen LogP contribution in [0.5, 0.6) is 0 Å². The Morgan fingerprint density at radius 1 is 1.43 bits per heavy atom. The topological polar surface area (TPSA) is 46.1 Å². The highest BCUT2D eigenvalue weighted by Gasteiger charge is 2.25. The van der Waals surface area contributed by atoms with Crippen molar-refractivity contribution in [3.8, 4) is 0 Å². The number of likely N-dealkylation sites (N-methyl/N-ethyl adjacent to an activating group) is 1. The van der Waals surface area contributed by atoms with Crippen LogP contribution in [0, 0.1) is 6.92 Å². The van der Waals surface area contributed by atoms with Gasteiger partial charge in [0, 0.05) is 20.0 Å². The van der Waals surface area contributed by atoms with Crippen LogP contribution in [0.25, 0.3) is 0 Å². The molecule has 5 heteroatoms. The lowest BCUT2D eigenvalue weighted by Crippen LogP contribution is -2.35. The van der Waals surface area contributed by atoms with Gasteiger partial charge in [-0.3, -0.25) is 4.79 Å². The first-order valence-electron chi connectivity index (χ1n) is 4.38. The molecule has 0 saturated carbocycles. The van der Waals surface area contributed by atoms with Crippen molar-refractivity contribution in [1.29, 1.82) is 0 Å². The fraction of sp³-hybridized carbons (Fsp3) is 0.444. The van der Waals surface area contributed by atoms with E-state index in [2.05, 4.69) is 9.97 Å². The van der Waals surface area contributed by atoms with Gasteiger partial charge in [0.1, 0.15) is 0 Å². The number of halogens is 1. The Morgan fingerprint density at radius 2 is 2.14 bits per heavy atom. The van der Waals surface area contributed by atoms with Crippen molar-refractivity contribution >= 4 is 17.5 Å². The highest BCUT2D eigenvalue weighted by Crippen LogP contribution is 2.20. The molecule has 1 aliphatic heterocycles. The predicted molar refractivity (Wildman–Crippen MR) is 52.4 cm³/mol. The highest BCUT2D eigenvalue weighted by atomic mass is 35.5. The van der Waals surface area contributed by atoms with E-state index < -0.39 is 0 Å². The van der Waals surface area contributed by atoms with Crippen molar-refractivity contribution < 1.29 is 4.79 Å². The van der Waals surface area contributed by atoms with Gasteiger partial charge in [0.2, 0.25) is 5.28 Å². The zero-order chi connectivity index (χ0) is 10.3. The summed E-state index contributed by atoms with van der Waals surface area (Å²) in [5.74, 6) is -0.0135. The maximum Gasteiger partial charge on any atom is 0.257 e. The Morgan fingerprint density at radius 3 is 2.86 bits per heavy atom. The van der Waals surface area contributed by atoms with Crippen molar-refractivity contribution in [1.82, 2.24) is 14.9 Å². The van der Waals surface area contributed by atoms with E-state index >= 15 is 0 Å². The van der Waals surface area contributed by atoms with Gasteiger partial charge in [0.25, 0.3) is 5.91 Å². The molecule has 0 aromatic carbocycles. The van der Waals surface area contributed by atoms with Crippen LogP contribution < -0.4 is 0 Å². The van der Waals surface area contributed by atoms with E-state index in [0.29, 0.717) is 17.8 Å².